The van der Waals surface area contributed by atoms with E-state index in [1.807, 2.05) is 18.2 Å². The van der Waals surface area contributed by atoms with Crippen LogP contribution < -0.4 is 5.32 Å². The Labute approximate surface area is 115 Å². The van der Waals surface area contributed by atoms with Crippen molar-refractivity contribution in [3.63, 3.8) is 0 Å². The van der Waals surface area contributed by atoms with Crippen LogP contribution in [0.2, 0.25) is 5.02 Å². The van der Waals surface area contributed by atoms with Crippen LogP contribution >= 0.6 is 11.6 Å². The Morgan fingerprint density at radius 2 is 2.28 bits per heavy atom. The minimum atomic E-state index is 0.0473. The van der Waals surface area contributed by atoms with Crippen molar-refractivity contribution in [2.24, 2.45) is 0 Å². The van der Waals surface area contributed by atoms with Gasteiger partial charge >= 0.3 is 0 Å². The second kappa shape index (κ2) is 5.60. The van der Waals surface area contributed by atoms with E-state index >= 15 is 0 Å². The highest BCUT2D eigenvalue weighted by molar-refractivity contribution is 6.30. The minimum Gasteiger partial charge on any atom is -0.371 e. The average Bonchev–Trinajstić information content (AvgIpc) is 2.66. The Kier molecular flexibility index (Phi) is 4.31. The maximum absolute atomic E-state index is 6.00. The number of hydrogen-bond acceptors (Lipinski definition) is 2. The summed E-state index contributed by atoms with van der Waals surface area (Å²) < 4.78 is 5.97. The minimum absolute atomic E-state index is 0.0473. The van der Waals surface area contributed by atoms with Crippen LogP contribution in [0.25, 0.3) is 0 Å². The summed E-state index contributed by atoms with van der Waals surface area (Å²) in [7, 11) is 0. The predicted octanol–water partition coefficient (Wildman–Crippen LogP) is 3.95. The Morgan fingerprint density at radius 3 is 2.89 bits per heavy atom. The lowest BCUT2D eigenvalue weighted by molar-refractivity contribution is -0.0150. The van der Waals surface area contributed by atoms with E-state index in [4.69, 9.17) is 16.3 Å². The molecule has 0 aromatic heterocycles. The number of nitrogens with one attached hydrogen (secondary N) is 1. The van der Waals surface area contributed by atoms with Crippen molar-refractivity contribution in [3.8, 4) is 0 Å². The lowest BCUT2D eigenvalue weighted by Crippen LogP contribution is -2.31. The number of hydrogen-bond donors (Lipinski definition) is 1. The molecule has 0 aliphatic carbocycles. The van der Waals surface area contributed by atoms with E-state index in [1.54, 1.807) is 0 Å². The highest BCUT2D eigenvalue weighted by atomic mass is 35.5. The summed E-state index contributed by atoms with van der Waals surface area (Å²) in [5.41, 5.74) is 1.27. The summed E-state index contributed by atoms with van der Waals surface area (Å²) in [6.07, 6.45) is 2.62. The van der Waals surface area contributed by atoms with E-state index in [2.05, 4.69) is 32.2 Å². The molecule has 3 heteroatoms. The molecule has 0 radical (unpaired) electrons. The van der Waals surface area contributed by atoms with Crippen LogP contribution in [0.5, 0.6) is 0 Å². The summed E-state index contributed by atoms with van der Waals surface area (Å²) in [4.78, 5) is 0. The van der Waals surface area contributed by atoms with Gasteiger partial charge in [-0.3, -0.25) is 0 Å². The van der Waals surface area contributed by atoms with Gasteiger partial charge in [0, 0.05) is 17.6 Å². The molecule has 1 aromatic rings. The Morgan fingerprint density at radius 1 is 1.50 bits per heavy atom. The zero-order valence-electron chi connectivity index (χ0n) is 11.4. The van der Waals surface area contributed by atoms with Gasteiger partial charge in [-0.2, -0.15) is 0 Å². The van der Waals surface area contributed by atoms with Gasteiger partial charge in [-0.25, -0.2) is 0 Å². The molecule has 1 N–H and O–H groups in total. The van der Waals surface area contributed by atoms with Crippen LogP contribution in [0.15, 0.2) is 24.3 Å². The van der Waals surface area contributed by atoms with Crippen molar-refractivity contribution < 1.29 is 4.74 Å². The number of benzene rings is 1. The van der Waals surface area contributed by atoms with Gasteiger partial charge in [-0.05, 0) is 51.3 Å². The molecule has 1 heterocycles. The van der Waals surface area contributed by atoms with Gasteiger partial charge in [-0.15, -0.1) is 0 Å². The first-order valence-corrected chi connectivity index (χ1v) is 7.01. The van der Waals surface area contributed by atoms with Gasteiger partial charge in [0.2, 0.25) is 0 Å². The first kappa shape index (κ1) is 13.9. The summed E-state index contributed by atoms with van der Waals surface area (Å²) in [5, 5.41) is 4.31. The first-order chi connectivity index (χ1) is 8.46. The molecule has 0 bridgehead atoms. The highest BCUT2D eigenvalue weighted by Crippen LogP contribution is 2.29. The second-order valence-electron chi connectivity index (χ2n) is 5.72. The van der Waals surface area contributed by atoms with Crippen molar-refractivity contribution in [1.82, 2.24) is 5.32 Å². The van der Waals surface area contributed by atoms with Gasteiger partial charge in [0.15, 0.2) is 0 Å². The fourth-order valence-corrected chi connectivity index (χ4v) is 2.62. The van der Waals surface area contributed by atoms with E-state index in [0.29, 0.717) is 12.1 Å². The molecule has 0 amide bonds. The van der Waals surface area contributed by atoms with Crippen molar-refractivity contribution in [3.05, 3.63) is 34.9 Å². The first-order valence-electron chi connectivity index (χ1n) is 6.63. The largest absolute Gasteiger partial charge is 0.371 e. The van der Waals surface area contributed by atoms with E-state index in [9.17, 15) is 0 Å². The topological polar surface area (TPSA) is 21.3 Å². The van der Waals surface area contributed by atoms with Gasteiger partial charge < -0.3 is 10.1 Å². The third-order valence-electron chi connectivity index (χ3n) is 3.55. The molecule has 2 atom stereocenters. The molecule has 2 nitrogen and oxygen atoms in total. The molecule has 0 saturated carbocycles. The molecule has 100 valence electrons. The fraction of sp³-hybridized carbons (Fsp3) is 0.600. The van der Waals surface area contributed by atoms with Crippen molar-refractivity contribution in [1.29, 1.82) is 0 Å². The number of halogens is 1. The lowest BCUT2D eigenvalue weighted by atomic mass is 10.1. The molecule has 1 saturated heterocycles. The van der Waals surface area contributed by atoms with Crippen molar-refractivity contribution in [2.45, 2.75) is 51.4 Å². The van der Waals surface area contributed by atoms with E-state index < -0.39 is 0 Å². The zero-order chi connectivity index (χ0) is 13.2. The Bertz CT molecular complexity index is 405. The summed E-state index contributed by atoms with van der Waals surface area (Å²) in [6.45, 7) is 7.38. The maximum Gasteiger partial charge on any atom is 0.0708 e. The quantitative estimate of drug-likeness (QED) is 0.892. The average molecular weight is 268 g/mol. The van der Waals surface area contributed by atoms with Gasteiger partial charge in [0.05, 0.1) is 11.7 Å². The van der Waals surface area contributed by atoms with E-state index in [0.717, 1.165) is 24.4 Å². The van der Waals surface area contributed by atoms with Crippen LogP contribution in [-0.2, 0) is 4.74 Å². The molecule has 1 aliphatic heterocycles. The number of rotatable bonds is 4. The molecular weight excluding hydrogens is 246 g/mol. The summed E-state index contributed by atoms with van der Waals surface area (Å²) in [5.74, 6) is 0. The van der Waals surface area contributed by atoms with Crippen molar-refractivity contribution in [2.75, 3.05) is 6.54 Å². The number of ether oxygens (including phenoxy) is 1. The zero-order valence-corrected chi connectivity index (χ0v) is 12.1. The molecule has 1 fully saturated rings. The maximum atomic E-state index is 6.00. The fourth-order valence-electron chi connectivity index (χ4n) is 2.42. The molecule has 1 aromatic carbocycles. The van der Waals surface area contributed by atoms with Crippen molar-refractivity contribution >= 4 is 11.6 Å². The van der Waals surface area contributed by atoms with Gasteiger partial charge in [0.25, 0.3) is 0 Å². The molecule has 2 rings (SSSR count). The molecular formula is C15H22ClNO. The SMILES string of the molecule is CC(NCC1CCC(C)(C)O1)c1cccc(Cl)c1. The third kappa shape index (κ3) is 3.71. The van der Waals surface area contributed by atoms with Crippen LogP contribution in [0.3, 0.4) is 0 Å². The standard InChI is InChI=1S/C15H22ClNO/c1-11(12-5-4-6-13(16)9-12)17-10-14-7-8-15(2,3)18-14/h4-6,9,11,14,17H,7-8,10H2,1-3H3. The van der Waals surface area contributed by atoms with Gasteiger partial charge in [-0.1, -0.05) is 23.7 Å². The van der Waals surface area contributed by atoms with Crippen LogP contribution in [-0.4, -0.2) is 18.2 Å². The summed E-state index contributed by atoms with van der Waals surface area (Å²) >= 11 is 6.00. The second-order valence-corrected chi connectivity index (χ2v) is 6.16. The van der Waals surface area contributed by atoms with Gasteiger partial charge in [0.1, 0.15) is 0 Å². The smallest absolute Gasteiger partial charge is 0.0708 e. The predicted molar refractivity (Wildman–Crippen MR) is 76.1 cm³/mol. The normalized spacial score (nSPS) is 24.1. The highest BCUT2D eigenvalue weighted by Gasteiger charge is 2.31. The van der Waals surface area contributed by atoms with Crippen LogP contribution in [0.4, 0.5) is 0 Å². The summed E-state index contributed by atoms with van der Waals surface area (Å²) in [6, 6.07) is 8.31. The molecule has 2 unspecified atom stereocenters. The van der Waals surface area contributed by atoms with E-state index in [-0.39, 0.29) is 5.60 Å². The molecule has 18 heavy (non-hydrogen) atoms. The Balaban J connectivity index is 1.84. The monoisotopic (exact) mass is 267 g/mol. The van der Waals surface area contributed by atoms with Crippen LogP contribution in [0, 0.1) is 0 Å². The molecule has 1 aliphatic rings. The Hall–Kier alpha value is -0.570. The lowest BCUT2D eigenvalue weighted by Gasteiger charge is -2.21. The van der Waals surface area contributed by atoms with E-state index in [1.165, 1.54) is 5.56 Å². The molecule has 0 spiro atoms. The van der Waals surface area contributed by atoms with Crippen LogP contribution in [0.1, 0.15) is 45.2 Å². The third-order valence-corrected chi connectivity index (χ3v) is 3.79.